The third-order valence-corrected chi connectivity index (χ3v) is 9.22. The van der Waals surface area contributed by atoms with Crippen molar-refractivity contribution in [3.05, 3.63) is 121 Å². The number of hydrogen-bond acceptors (Lipinski definition) is 5. The third-order valence-electron chi connectivity index (χ3n) is 7.54. The van der Waals surface area contributed by atoms with Crippen molar-refractivity contribution in [1.82, 2.24) is 19.5 Å². The SMILES string of the molecule is CCCCn1c(=O)[nH]c(=O)c2[nH]c(C(Cc3ccccc3F)c3ccc(NS(=O)(=O)c4c(C)cc(C)cc4C)cc3)nc21. The Bertz CT molecular complexity index is 2000. The maximum atomic E-state index is 14.8. The van der Waals surface area contributed by atoms with Crippen molar-refractivity contribution >= 4 is 26.9 Å². The number of imidazole rings is 1. The molecule has 0 fully saturated rings. The average molecular weight is 604 g/mol. The summed E-state index contributed by atoms with van der Waals surface area (Å²) in [6.07, 6.45) is 1.77. The van der Waals surface area contributed by atoms with Gasteiger partial charge in [0.2, 0.25) is 0 Å². The van der Waals surface area contributed by atoms with Gasteiger partial charge < -0.3 is 4.98 Å². The highest BCUT2D eigenvalue weighted by atomic mass is 32.2. The van der Waals surface area contributed by atoms with Crippen LogP contribution in [0.4, 0.5) is 10.1 Å². The molecule has 0 aliphatic heterocycles. The molecule has 5 rings (SSSR count). The number of aromatic nitrogens is 4. The first-order chi connectivity index (χ1) is 20.5. The summed E-state index contributed by atoms with van der Waals surface area (Å²) >= 11 is 0. The minimum Gasteiger partial charge on any atom is -0.336 e. The molecule has 0 aliphatic carbocycles. The second-order valence-electron chi connectivity index (χ2n) is 10.9. The molecule has 3 aromatic carbocycles. The van der Waals surface area contributed by atoms with Gasteiger partial charge in [0.15, 0.2) is 5.65 Å². The molecule has 224 valence electrons. The van der Waals surface area contributed by atoms with E-state index in [0.29, 0.717) is 40.3 Å². The number of nitrogens with zero attached hydrogens (tertiary/aromatic N) is 2. The van der Waals surface area contributed by atoms with E-state index >= 15 is 0 Å². The number of sulfonamides is 1. The molecular formula is C32H34FN5O4S. The first kappa shape index (κ1) is 30.0. The zero-order chi connectivity index (χ0) is 30.9. The molecular weight excluding hydrogens is 569 g/mol. The van der Waals surface area contributed by atoms with Crippen LogP contribution in [0.5, 0.6) is 0 Å². The van der Waals surface area contributed by atoms with Crippen molar-refractivity contribution in [1.29, 1.82) is 0 Å². The van der Waals surface area contributed by atoms with Crippen LogP contribution in [0.2, 0.25) is 0 Å². The lowest BCUT2D eigenvalue weighted by molar-refractivity contribution is 0.597. The first-order valence-corrected chi connectivity index (χ1v) is 15.6. The number of benzene rings is 3. The summed E-state index contributed by atoms with van der Waals surface area (Å²) in [6, 6.07) is 16.9. The maximum absolute atomic E-state index is 14.8. The molecule has 1 unspecified atom stereocenters. The van der Waals surface area contributed by atoms with Crippen LogP contribution in [-0.4, -0.2) is 27.9 Å². The van der Waals surface area contributed by atoms with Gasteiger partial charge in [-0.05, 0) is 74.1 Å². The molecule has 5 aromatic rings. The van der Waals surface area contributed by atoms with Crippen LogP contribution in [0.1, 0.15) is 59.3 Å². The molecule has 11 heteroatoms. The number of aryl methyl sites for hydroxylation is 4. The molecule has 0 aliphatic rings. The smallest absolute Gasteiger partial charge is 0.330 e. The van der Waals surface area contributed by atoms with Gasteiger partial charge in [-0.15, -0.1) is 0 Å². The van der Waals surface area contributed by atoms with Crippen molar-refractivity contribution < 1.29 is 12.8 Å². The van der Waals surface area contributed by atoms with Gasteiger partial charge in [-0.25, -0.2) is 22.6 Å². The number of aromatic amines is 2. The molecule has 0 radical (unpaired) electrons. The van der Waals surface area contributed by atoms with Crippen LogP contribution in [0.25, 0.3) is 11.2 Å². The fraction of sp³-hybridized carbons (Fsp3) is 0.281. The van der Waals surface area contributed by atoms with E-state index in [4.69, 9.17) is 4.98 Å². The van der Waals surface area contributed by atoms with Crippen molar-refractivity contribution in [3.8, 4) is 0 Å². The molecule has 0 saturated carbocycles. The quantitative estimate of drug-likeness (QED) is 0.195. The summed E-state index contributed by atoms with van der Waals surface area (Å²) in [4.78, 5) is 35.7. The number of nitrogens with one attached hydrogen (secondary N) is 3. The van der Waals surface area contributed by atoms with Gasteiger partial charge in [0, 0.05) is 18.2 Å². The van der Waals surface area contributed by atoms with E-state index in [-0.39, 0.29) is 28.3 Å². The first-order valence-electron chi connectivity index (χ1n) is 14.1. The molecule has 0 bridgehead atoms. The van der Waals surface area contributed by atoms with Crippen LogP contribution in [0.3, 0.4) is 0 Å². The summed E-state index contributed by atoms with van der Waals surface area (Å²) in [6.45, 7) is 7.85. The lowest BCUT2D eigenvalue weighted by Crippen LogP contribution is -2.30. The summed E-state index contributed by atoms with van der Waals surface area (Å²) in [5.41, 5.74) is 3.10. The molecule has 2 aromatic heterocycles. The van der Waals surface area contributed by atoms with Crippen LogP contribution >= 0.6 is 0 Å². The lowest BCUT2D eigenvalue weighted by Gasteiger charge is -2.17. The predicted octanol–water partition coefficient (Wildman–Crippen LogP) is 5.45. The predicted molar refractivity (Wildman–Crippen MR) is 166 cm³/mol. The second-order valence-corrected chi connectivity index (χ2v) is 12.5. The van der Waals surface area contributed by atoms with Crippen LogP contribution in [-0.2, 0) is 23.0 Å². The van der Waals surface area contributed by atoms with Crippen molar-refractivity contribution in [2.45, 2.75) is 64.3 Å². The number of rotatable bonds is 10. The van der Waals surface area contributed by atoms with E-state index in [1.54, 1.807) is 56.3 Å². The zero-order valence-electron chi connectivity index (χ0n) is 24.5. The number of hydrogen-bond donors (Lipinski definition) is 3. The van der Waals surface area contributed by atoms with Gasteiger partial charge in [0.25, 0.3) is 15.6 Å². The molecule has 1 atom stereocenters. The fourth-order valence-electron chi connectivity index (χ4n) is 5.58. The average Bonchev–Trinajstić information content (AvgIpc) is 3.38. The lowest BCUT2D eigenvalue weighted by atomic mass is 9.91. The molecule has 2 heterocycles. The topological polar surface area (TPSA) is 130 Å². The van der Waals surface area contributed by atoms with Gasteiger partial charge >= 0.3 is 5.69 Å². The summed E-state index contributed by atoms with van der Waals surface area (Å²) in [7, 11) is -3.86. The third kappa shape index (κ3) is 6.17. The summed E-state index contributed by atoms with van der Waals surface area (Å²) in [5, 5.41) is 0. The molecule has 3 N–H and O–H groups in total. The highest BCUT2D eigenvalue weighted by Gasteiger charge is 2.24. The van der Waals surface area contributed by atoms with Gasteiger partial charge in [0.1, 0.15) is 17.2 Å². The second kappa shape index (κ2) is 12.0. The van der Waals surface area contributed by atoms with E-state index in [0.717, 1.165) is 18.4 Å². The van der Waals surface area contributed by atoms with Crippen LogP contribution < -0.4 is 16.0 Å². The summed E-state index contributed by atoms with van der Waals surface area (Å²) < 4.78 is 45.5. The standard InChI is InChI=1S/C32H34FN5O4S/c1-5-6-15-38-30-27(31(39)36-32(38)40)34-29(35-30)25(18-23-9-7-8-10-26(23)33)22-11-13-24(14-12-22)37-43(41,42)28-20(3)16-19(2)17-21(28)4/h7-14,16-17,25,37H,5-6,15,18H2,1-4H3,(H,34,35)(H,36,39,40). The molecule has 0 amide bonds. The van der Waals surface area contributed by atoms with Gasteiger partial charge in [-0.1, -0.05) is 61.4 Å². The van der Waals surface area contributed by atoms with E-state index in [1.807, 2.05) is 26.0 Å². The Labute approximate surface area is 248 Å². The summed E-state index contributed by atoms with van der Waals surface area (Å²) in [5.74, 6) is -0.529. The minimum absolute atomic E-state index is 0.164. The van der Waals surface area contributed by atoms with Crippen molar-refractivity contribution in [3.63, 3.8) is 0 Å². The van der Waals surface area contributed by atoms with Gasteiger partial charge in [-0.3, -0.25) is 19.1 Å². The number of H-pyrrole nitrogens is 2. The fourth-order valence-corrected chi connectivity index (χ4v) is 7.10. The van der Waals surface area contributed by atoms with Gasteiger partial charge in [-0.2, -0.15) is 0 Å². The largest absolute Gasteiger partial charge is 0.336 e. The Balaban J connectivity index is 1.55. The zero-order valence-corrected chi connectivity index (χ0v) is 25.3. The normalized spacial score (nSPS) is 12.5. The van der Waals surface area contributed by atoms with Crippen molar-refractivity contribution in [2.24, 2.45) is 0 Å². The Hall–Kier alpha value is -4.51. The van der Waals surface area contributed by atoms with E-state index in [9.17, 15) is 22.4 Å². The van der Waals surface area contributed by atoms with Crippen LogP contribution in [0, 0.1) is 26.6 Å². The maximum Gasteiger partial charge on any atom is 0.330 e. The molecule has 0 spiro atoms. The monoisotopic (exact) mass is 603 g/mol. The Morgan fingerprint density at radius 1 is 0.977 bits per heavy atom. The van der Waals surface area contributed by atoms with E-state index < -0.39 is 27.2 Å². The highest BCUT2D eigenvalue weighted by Crippen LogP contribution is 2.31. The Kier molecular flexibility index (Phi) is 8.36. The van der Waals surface area contributed by atoms with Gasteiger partial charge in [0.05, 0.1) is 4.90 Å². The number of fused-ring (bicyclic) bond motifs is 1. The highest BCUT2D eigenvalue weighted by molar-refractivity contribution is 7.92. The molecule has 0 saturated heterocycles. The van der Waals surface area contributed by atoms with E-state index in [1.165, 1.54) is 10.6 Å². The Morgan fingerprint density at radius 2 is 1.65 bits per heavy atom. The number of anilines is 1. The molecule has 9 nitrogen and oxygen atoms in total. The van der Waals surface area contributed by atoms with E-state index in [2.05, 4.69) is 14.7 Å². The molecule has 43 heavy (non-hydrogen) atoms. The minimum atomic E-state index is -3.86. The van der Waals surface area contributed by atoms with Crippen molar-refractivity contribution in [2.75, 3.05) is 4.72 Å². The number of halogens is 1. The van der Waals surface area contributed by atoms with Crippen LogP contribution in [0.15, 0.2) is 75.1 Å². The number of unbranched alkanes of at least 4 members (excludes halogenated alkanes) is 1. The Morgan fingerprint density at radius 3 is 2.30 bits per heavy atom.